The van der Waals surface area contributed by atoms with E-state index in [0.717, 1.165) is 30.5 Å². The number of carbonyl (C=O) groups is 1. The summed E-state index contributed by atoms with van der Waals surface area (Å²) >= 11 is 5.77. The van der Waals surface area contributed by atoms with Gasteiger partial charge in [0.2, 0.25) is 5.91 Å². The molecule has 2 aromatic carbocycles. The van der Waals surface area contributed by atoms with Gasteiger partial charge in [-0.1, -0.05) is 17.7 Å². The molecule has 2 aromatic rings. The first-order valence-corrected chi connectivity index (χ1v) is 9.06. The Morgan fingerprint density at radius 1 is 1.32 bits per heavy atom. The summed E-state index contributed by atoms with van der Waals surface area (Å²) < 4.78 is 5.42. The van der Waals surface area contributed by atoms with E-state index in [0.29, 0.717) is 0 Å². The Morgan fingerprint density at radius 3 is 2.86 bits per heavy atom. The highest BCUT2D eigenvalue weighted by molar-refractivity contribution is 6.30. The minimum atomic E-state index is -0.564. The minimum Gasteiger partial charge on any atom is -0.486 e. The SMILES string of the molecule is Cl.Nc1ccc2c(c1)CCCC2NC(=O)CCOc1ccc(Cl)cc1[N+](=O)[O-]. The number of nitrogen functional groups attached to an aromatic ring is 1. The Labute approximate surface area is 173 Å². The maximum atomic E-state index is 12.3. The highest BCUT2D eigenvalue weighted by Crippen LogP contribution is 2.31. The molecule has 0 saturated carbocycles. The summed E-state index contributed by atoms with van der Waals surface area (Å²) in [4.78, 5) is 22.8. The van der Waals surface area contributed by atoms with Gasteiger partial charge in [-0.2, -0.15) is 0 Å². The van der Waals surface area contributed by atoms with E-state index in [-0.39, 0.29) is 53.8 Å². The van der Waals surface area contributed by atoms with Gasteiger partial charge in [-0.25, -0.2) is 0 Å². The summed E-state index contributed by atoms with van der Waals surface area (Å²) in [6.07, 6.45) is 2.90. The number of fused-ring (bicyclic) bond motifs is 1. The van der Waals surface area contributed by atoms with Gasteiger partial charge in [-0.15, -0.1) is 12.4 Å². The molecule has 0 aromatic heterocycles. The lowest BCUT2D eigenvalue weighted by molar-refractivity contribution is -0.385. The van der Waals surface area contributed by atoms with E-state index in [9.17, 15) is 14.9 Å². The maximum absolute atomic E-state index is 12.3. The lowest BCUT2D eigenvalue weighted by atomic mass is 9.87. The van der Waals surface area contributed by atoms with Crippen LogP contribution in [0.1, 0.15) is 36.4 Å². The van der Waals surface area contributed by atoms with E-state index in [2.05, 4.69) is 5.32 Å². The topological polar surface area (TPSA) is 107 Å². The maximum Gasteiger partial charge on any atom is 0.312 e. The van der Waals surface area contributed by atoms with Gasteiger partial charge in [0, 0.05) is 16.8 Å². The second-order valence-corrected chi connectivity index (χ2v) is 6.87. The largest absolute Gasteiger partial charge is 0.486 e. The van der Waals surface area contributed by atoms with Gasteiger partial charge in [0.1, 0.15) is 0 Å². The van der Waals surface area contributed by atoms with Crippen LogP contribution in [0.2, 0.25) is 5.02 Å². The molecule has 0 bridgehead atoms. The average Bonchev–Trinajstić information content (AvgIpc) is 2.62. The standard InChI is InChI=1S/C19H20ClN3O4.ClH/c20-13-4-7-18(17(11-13)23(25)26)27-9-8-19(24)22-16-3-1-2-12-10-14(21)5-6-15(12)16;/h4-7,10-11,16H,1-3,8-9,21H2,(H,22,24);1H. The number of nitrogens with zero attached hydrogens (tertiary/aromatic N) is 1. The van der Waals surface area contributed by atoms with Crippen molar-refractivity contribution in [2.75, 3.05) is 12.3 Å². The second-order valence-electron chi connectivity index (χ2n) is 6.44. The van der Waals surface area contributed by atoms with Gasteiger partial charge in [0.25, 0.3) is 0 Å². The van der Waals surface area contributed by atoms with Crippen LogP contribution in [-0.4, -0.2) is 17.4 Å². The van der Waals surface area contributed by atoms with Crippen molar-refractivity contribution in [1.82, 2.24) is 5.32 Å². The van der Waals surface area contributed by atoms with Crippen molar-refractivity contribution >= 4 is 41.3 Å². The van der Waals surface area contributed by atoms with E-state index in [1.54, 1.807) is 0 Å². The quantitative estimate of drug-likeness (QED) is 0.409. The number of ether oxygens (including phenoxy) is 1. The first kappa shape index (κ1) is 21.8. The average molecular weight is 426 g/mol. The number of amides is 1. The van der Waals surface area contributed by atoms with Gasteiger partial charge in [0.05, 0.1) is 24.0 Å². The molecule has 3 N–H and O–H groups in total. The molecule has 9 heteroatoms. The van der Waals surface area contributed by atoms with Crippen molar-refractivity contribution in [3.8, 4) is 5.75 Å². The zero-order valence-electron chi connectivity index (χ0n) is 15.0. The molecule has 150 valence electrons. The number of nitrogens with two attached hydrogens (primary N) is 1. The minimum absolute atomic E-state index is 0. The van der Waals surface area contributed by atoms with Gasteiger partial charge < -0.3 is 15.8 Å². The Morgan fingerprint density at radius 2 is 2.11 bits per heavy atom. The van der Waals surface area contributed by atoms with E-state index in [1.165, 1.54) is 23.8 Å². The Bertz CT molecular complexity index is 876. The zero-order chi connectivity index (χ0) is 19.4. The van der Waals surface area contributed by atoms with E-state index in [1.807, 2.05) is 18.2 Å². The second kappa shape index (κ2) is 9.61. The molecule has 0 spiro atoms. The van der Waals surface area contributed by atoms with Crippen LogP contribution in [0.5, 0.6) is 5.75 Å². The smallest absolute Gasteiger partial charge is 0.312 e. The molecule has 0 heterocycles. The predicted molar refractivity (Wildman–Crippen MR) is 110 cm³/mol. The summed E-state index contributed by atoms with van der Waals surface area (Å²) in [6, 6.07) is 9.87. The molecular weight excluding hydrogens is 405 g/mol. The van der Waals surface area contributed by atoms with Crippen molar-refractivity contribution in [2.24, 2.45) is 0 Å². The Kier molecular flexibility index (Phi) is 7.48. The van der Waals surface area contributed by atoms with E-state index < -0.39 is 4.92 Å². The summed E-state index contributed by atoms with van der Waals surface area (Å²) in [5, 5.41) is 14.3. The zero-order valence-corrected chi connectivity index (χ0v) is 16.6. The molecule has 3 rings (SSSR count). The van der Waals surface area contributed by atoms with Crippen molar-refractivity contribution < 1.29 is 14.5 Å². The van der Waals surface area contributed by atoms with Crippen LogP contribution in [0.15, 0.2) is 36.4 Å². The van der Waals surface area contributed by atoms with Crippen LogP contribution in [0.3, 0.4) is 0 Å². The van der Waals surface area contributed by atoms with Crippen LogP contribution >= 0.6 is 24.0 Å². The number of rotatable bonds is 6. The molecule has 1 aliphatic carbocycles. The Balaban J connectivity index is 0.00000280. The first-order valence-electron chi connectivity index (χ1n) is 8.68. The first-order chi connectivity index (χ1) is 12.9. The molecule has 7 nitrogen and oxygen atoms in total. The lowest BCUT2D eigenvalue weighted by Crippen LogP contribution is -2.31. The molecule has 0 aliphatic heterocycles. The number of nitrogens with one attached hydrogen (secondary N) is 1. The van der Waals surface area contributed by atoms with Crippen molar-refractivity contribution in [1.29, 1.82) is 0 Å². The van der Waals surface area contributed by atoms with Crippen LogP contribution in [0.25, 0.3) is 0 Å². The third-order valence-corrected chi connectivity index (χ3v) is 4.76. The predicted octanol–water partition coefficient (Wildman–Crippen LogP) is 4.21. The Hall–Kier alpha value is -2.51. The number of aryl methyl sites for hydroxylation is 1. The fourth-order valence-electron chi connectivity index (χ4n) is 3.26. The molecule has 1 atom stereocenters. The number of benzene rings is 2. The molecular formula is C19H21Cl2N3O4. The van der Waals surface area contributed by atoms with Crippen LogP contribution in [-0.2, 0) is 11.2 Å². The van der Waals surface area contributed by atoms with Gasteiger partial charge in [0.15, 0.2) is 5.75 Å². The van der Waals surface area contributed by atoms with Crippen LogP contribution in [0.4, 0.5) is 11.4 Å². The van der Waals surface area contributed by atoms with Crippen molar-refractivity contribution in [2.45, 2.75) is 31.7 Å². The summed E-state index contributed by atoms with van der Waals surface area (Å²) in [7, 11) is 0. The number of nitro benzene ring substituents is 1. The fourth-order valence-corrected chi connectivity index (χ4v) is 3.43. The third-order valence-electron chi connectivity index (χ3n) is 4.52. The number of halogens is 2. The number of nitro groups is 1. The fraction of sp³-hybridized carbons (Fsp3) is 0.316. The highest BCUT2D eigenvalue weighted by Gasteiger charge is 2.22. The van der Waals surface area contributed by atoms with Crippen molar-refractivity contribution in [3.63, 3.8) is 0 Å². The summed E-state index contributed by atoms with van der Waals surface area (Å²) in [5.41, 5.74) is 8.59. The molecule has 0 saturated heterocycles. The molecule has 1 amide bonds. The monoisotopic (exact) mass is 425 g/mol. The summed E-state index contributed by atoms with van der Waals surface area (Å²) in [6.45, 7) is 0.0373. The number of anilines is 1. The van der Waals surface area contributed by atoms with E-state index in [4.69, 9.17) is 22.1 Å². The van der Waals surface area contributed by atoms with Gasteiger partial charge >= 0.3 is 5.69 Å². The van der Waals surface area contributed by atoms with E-state index >= 15 is 0 Å². The van der Waals surface area contributed by atoms with Crippen LogP contribution < -0.4 is 15.8 Å². The molecule has 0 radical (unpaired) electrons. The third kappa shape index (κ3) is 5.27. The molecule has 1 unspecified atom stereocenters. The van der Waals surface area contributed by atoms with Crippen molar-refractivity contribution in [3.05, 3.63) is 62.7 Å². The normalized spacial score (nSPS) is 15.1. The van der Waals surface area contributed by atoms with Gasteiger partial charge in [-0.3, -0.25) is 14.9 Å². The molecule has 1 aliphatic rings. The summed E-state index contributed by atoms with van der Waals surface area (Å²) in [5.74, 6) is -0.0722. The highest BCUT2D eigenvalue weighted by atomic mass is 35.5. The number of carbonyl (C=O) groups excluding carboxylic acids is 1. The molecule has 0 fully saturated rings. The number of hydrogen-bond donors (Lipinski definition) is 2. The number of hydrogen-bond acceptors (Lipinski definition) is 5. The van der Waals surface area contributed by atoms with Crippen LogP contribution in [0, 0.1) is 10.1 Å². The van der Waals surface area contributed by atoms with Gasteiger partial charge in [-0.05, 0) is 54.7 Å². The lowest BCUT2D eigenvalue weighted by Gasteiger charge is -2.26. The molecule has 28 heavy (non-hydrogen) atoms.